The van der Waals surface area contributed by atoms with E-state index in [4.69, 9.17) is 0 Å². The Kier molecular flexibility index (Phi) is 4.55. The topological polar surface area (TPSA) is 62.6 Å². The van der Waals surface area contributed by atoms with Gasteiger partial charge in [0.2, 0.25) is 5.91 Å². The maximum absolute atomic E-state index is 12.7. The molecule has 134 valence electrons. The number of carbonyl (C=O) groups is 3. The molecule has 0 aliphatic carbocycles. The smallest absolute Gasteiger partial charge is 0.289 e. The van der Waals surface area contributed by atoms with Gasteiger partial charge in [-0.1, -0.05) is 11.8 Å². The summed E-state index contributed by atoms with van der Waals surface area (Å²) >= 11 is 1.07. The molecule has 0 unspecified atom stereocenters. The fourth-order valence-corrected chi connectivity index (χ4v) is 4.29. The van der Waals surface area contributed by atoms with Crippen LogP contribution < -0.4 is 0 Å². The molecule has 0 N–H and O–H groups in total. The number of amides is 3. The molecule has 0 atom stereocenters. The molecule has 1 aromatic carbocycles. The van der Waals surface area contributed by atoms with E-state index >= 15 is 0 Å². The fourth-order valence-electron chi connectivity index (χ4n) is 3.51. The van der Waals surface area contributed by atoms with Gasteiger partial charge in [0, 0.05) is 42.8 Å². The summed E-state index contributed by atoms with van der Waals surface area (Å²) in [6, 6.07) is 11.4. The second-order valence-electron chi connectivity index (χ2n) is 6.48. The van der Waals surface area contributed by atoms with Crippen molar-refractivity contribution < 1.29 is 14.4 Å². The van der Waals surface area contributed by atoms with Gasteiger partial charge >= 0.3 is 0 Å². The molecule has 3 heterocycles. The van der Waals surface area contributed by atoms with Crippen molar-refractivity contribution in [3.05, 3.63) is 54.4 Å². The van der Waals surface area contributed by atoms with Crippen LogP contribution in [0.25, 0.3) is 5.69 Å². The van der Waals surface area contributed by atoms with Crippen molar-refractivity contribution in [2.75, 3.05) is 18.8 Å². The van der Waals surface area contributed by atoms with Crippen LogP contribution in [0.4, 0.5) is 4.79 Å². The van der Waals surface area contributed by atoms with Gasteiger partial charge in [-0.15, -0.1) is 0 Å². The molecule has 4 rings (SSSR count). The van der Waals surface area contributed by atoms with E-state index in [1.54, 1.807) is 4.90 Å². The van der Waals surface area contributed by atoms with Gasteiger partial charge in [0.15, 0.2) is 0 Å². The number of thioether (sulfide) groups is 1. The van der Waals surface area contributed by atoms with Crippen LogP contribution in [-0.4, -0.2) is 56.3 Å². The van der Waals surface area contributed by atoms with E-state index in [0.717, 1.165) is 17.4 Å². The van der Waals surface area contributed by atoms with Crippen LogP contribution in [0.2, 0.25) is 0 Å². The van der Waals surface area contributed by atoms with Gasteiger partial charge in [-0.2, -0.15) is 0 Å². The highest BCUT2D eigenvalue weighted by Gasteiger charge is 2.38. The Bertz CT molecular complexity index is 808. The van der Waals surface area contributed by atoms with E-state index < -0.39 is 0 Å². The molecule has 2 aliphatic heterocycles. The third kappa shape index (κ3) is 3.14. The number of hydrogen-bond donors (Lipinski definition) is 0. The molecular formula is C19H19N3O3S. The Morgan fingerprint density at radius 1 is 1.00 bits per heavy atom. The van der Waals surface area contributed by atoms with Crippen molar-refractivity contribution in [2.45, 2.75) is 18.9 Å². The zero-order chi connectivity index (χ0) is 18.1. The predicted molar refractivity (Wildman–Crippen MR) is 99.4 cm³/mol. The van der Waals surface area contributed by atoms with E-state index in [1.807, 2.05) is 53.4 Å². The zero-order valence-corrected chi connectivity index (χ0v) is 15.0. The second-order valence-corrected chi connectivity index (χ2v) is 7.41. The quantitative estimate of drug-likeness (QED) is 0.835. The minimum absolute atomic E-state index is 0.00374. The van der Waals surface area contributed by atoms with Gasteiger partial charge in [-0.3, -0.25) is 19.3 Å². The molecule has 0 spiro atoms. The average Bonchev–Trinajstić information content (AvgIpc) is 3.32. The van der Waals surface area contributed by atoms with Crippen LogP contribution in [0.15, 0.2) is 48.8 Å². The average molecular weight is 369 g/mol. The summed E-state index contributed by atoms with van der Waals surface area (Å²) in [7, 11) is 0. The SMILES string of the molecule is O=C(c1ccc(-n2cccc2)cc1)N1CCC(N2C(=O)CSC2=O)CC1. The largest absolute Gasteiger partial charge is 0.338 e. The highest BCUT2D eigenvalue weighted by atomic mass is 32.2. The van der Waals surface area contributed by atoms with Gasteiger partial charge in [-0.25, -0.2) is 0 Å². The summed E-state index contributed by atoms with van der Waals surface area (Å²) < 4.78 is 1.99. The molecule has 2 saturated heterocycles. The standard InChI is InChI=1S/C19H19N3O3S/c23-17-13-26-19(25)22(17)16-7-11-21(12-8-16)18(24)14-3-5-15(6-4-14)20-9-1-2-10-20/h1-6,9-10,16H,7-8,11-13H2. The Balaban J connectivity index is 1.39. The van der Waals surface area contributed by atoms with Crippen LogP contribution in [0, 0.1) is 0 Å². The number of rotatable bonds is 3. The summed E-state index contributed by atoms with van der Waals surface area (Å²) in [4.78, 5) is 39.6. The molecule has 0 radical (unpaired) electrons. The predicted octanol–water partition coefficient (Wildman–Crippen LogP) is 2.78. The Morgan fingerprint density at radius 2 is 1.65 bits per heavy atom. The molecular weight excluding hydrogens is 350 g/mol. The minimum atomic E-state index is -0.152. The Hall–Kier alpha value is -2.54. The van der Waals surface area contributed by atoms with Crippen LogP contribution in [0.5, 0.6) is 0 Å². The lowest BCUT2D eigenvalue weighted by Crippen LogP contribution is -2.48. The van der Waals surface area contributed by atoms with Gasteiger partial charge in [-0.05, 0) is 49.2 Å². The number of aromatic nitrogens is 1. The number of nitrogens with zero attached hydrogens (tertiary/aromatic N) is 3. The third-order valence-corrected chi connectivity index (χ3v) is 5.75. The van der Waals surface area contributed by atoms with Gasteiger partial charge in [0.1, 0.15) is 0 Å². The number of benzene rings is 1. The van der Waals surface area contributed by atoms with Crippen molar-refractivity contribution >= 4 is 28.8 Å². The first kappa shape index (κ1) is 16.9. The first-order valence-electron chi connectivity index (χ1n) is 8.65. The summed E-state index contributed by atoms with van der Waals surface area (Å²) in [5.41, 5.74) is 1.66. The normalized spacial score (nSPS) is 18.6. The molecule has 7 heteroatoms. The van der Waals surface area contributed by atoms with E-state index in [9.17, 15) is 14.4 Å². The molecule has 1 aromatic heterocycles. The molecule has 0 saturated carbocycles. The van der Waals surface area contributed by atoms with E-state index in [2.05, 4.69) is 0 Å². The van der Waals surface area contributed by atoms with E-state index in [1.165, 1.54) is 4.90 Å². The molecule has 2 fully saturated rings. The number of piperidine rings is 1. The summed E-state index contributed by atoms with van der Waals surface area (Å²) in [6.45, 7) is 1.12. The maximum Gasteiger partial charge on any atom is 0.289 e. The number of hydrogen-bond acceptors (Lipinski definition) is 4. The van der Waals surface area contributed by atoms with Crippen molar-refractivity contribution in [2.24, 2.45) is 0 Å². The third-order valence-electron chi connectivity index (χ3n) is 4.92. The van der Waals surface area contributed by atoms with Crippen molar-refractivity contribution in [1.82, 2.24) is 14.4 Å². The summed E-state index contributed by atoms with van der Waals surface area (Å²) in [6.07, 6.45) is 5.21. The summed E-state index contributed by atoms with van der Waals surface area (Å²) in [5, 5.41) is -0.152. The first-order valence-corrected chi connectivity index (χ1v) is 9.63. The highest BCUT2D eigenvalue weighted by Crippen LogP contribution is 2.27. The number of likely N-dealkylation sites (tertiary alicyclic amines) is 1. The molecule has 2 aliphatic rings. The lowest BCUT2D eigenvalue weighted by atomic mass is 10.0. The number of carbonyl (C=O) groups excluding carboxylic acids is 3. The molecule has 26 heavy (non-hydrogen) atoms. The van der Waals surface area contributed by atoms with Gasteiger partial charge < -0.3 is 9.47 Å². The number of imide groups is 1. The van der Waals surface area contributed by atoms with Crippen molar-refractivity contribution in [3.63, 3.8) is 0 Å². The van der Waals surface area contributed by atoms with Crippen molar-refractivity contribution in [3.8, 4) is 5.69 Å². The van der Waals surface area contributed by atoms with Gasteiger partial charge in [0.05, 0.1) is 5.75 Å². The molecule has 0 bridgehead atoms. The molecule has 3 amide bonds. The maximum atomic E-state index is 12.7. The minimum Gasteiger partial charge on any atom is -0.338 e. The lowest BCUT2D eigenvalue weighted by Gasteiger charge is -2.35. The summed E-state index contributed by atoms with van der Waals surface area (Å²) in [5.74, 6) is 0.132. The van der Waals surface area contributed by atoms with Crippen LogP contribution in [-0.2, 0) is 4.79 Å². The highest BCUT2D eigenvalue weighted by molar-refractivity contribution is 8.14. The molecule has 2 aromatic rings. The Morgan fingerprint density at radius 3 is 2.23 bits per heavy atom. The van der Waals surface area contributed by atoms with Crippen LogP contribution in [0.1, 0.15) is 23.2 Å². The van der Waals surface area contributed by atoms with Gasteiger partial charge in [0.25, 0.3) is 11.1 Å². The first-order chi connectivity index (χ1) is 12.6. The van der Waals surface area contributed by atoms with E-state index in [-0.39, 0.29) is 28.8 Å². The second kappa shape index (κ2) is 6.99. The van der Waals surface area contributed by atoms with Crippen molar-refractivity contribution in [1.29, 1.82) is 0 Å². The van der Waals surface area contributed by atoms with E-state index in [0.29, 0.717) is 31.5 Å². The van der Waals surface area contributed by atoms with Crippen LogP contribution >= 0.6 is 11.8 Å². The van der Waals surface area contributed by atoms with Crippen LogP contribution in [0.3, 0.4) is 0 Å². The monoisotopic (exact) mass is 369 g/mol. The zero-order valence-electron chi connectivity index (χ0n) is 14.2. The fraction of sp³-hybridized carbons (Fsp3) is 0.316. The lowest BCUT2D eigenvalue weighted by molar-refractivity contribution is -0.126. The Labute approximate surface area is 155 Å². The molecule has 6 nitrogen and oxygen atoms in total.